The molecule has 0 aliphatic heterocycles. The zero-order valence-corrected chi connectivity index (χ0v) is 36.3. The quantitative estimate of drug-likeness (QED) is 0.208. The van der Waals surface area contributed by atoms with Crippen molar-refractivity contribution in [1.82, 2.24) is 0 Å². The van der Waals surface area contributed by atoms with Gasteiger partial charge in [-0.3, -0.25) is 0 Å². The van der Waals surface area contributed by atoms with E-state index in [9.17, 15) is 0 Å². The molecule has 0 saturated carbocycles. The molecule has 4 rings (SSSR count). The van der Waals surface area contributed by atoms with E-state index in [2.05, 4.69) is 183 Å². The largest absolute Gasteiger partial charge is 1.00 e. The van der Waals surface area contributed by atoms with Gasteiger partial charge in [0.2, 0.25) is 0 Å². The van der Waals surface area contributed by atoms with Gasteiger partial charge in [0.15, 0.2) is 0 Å². The molecule has 0 radical (unpaired) electrons. The Morgan fingerprint density at radius 1 is 0.447 bits per heavy atom. The minimum Gasteiger partial charge on any atom is -1.00 e. The van der Waals surface area contributed by atoms with Crippen LogP contribution in [-0.2, 0) is 20.4 Å². The number of allylic oxidation sites excluding steroid dienone is 4. The summed E-state index contributed by atoms with van der Waals surface area (Å²) in [5, 5.41) is 4.59. The molecule has 3 aromatic rings. The fourth-order valence-electron chi connectivity index (χ4n) is 7.47. The van der Waals surface area contributed by atoms with Crippen LogP contribution in [-0.4, -0.2) is 50.4 Å². The van der Waals surface area contributed by atoms with E-state index in [0.29, 0.717) is 0 Å². The van der Waals surface area contributed by atoms with Gasteiger partial charge in [0.25, 0.3) is 0 Å². The van der Waals surface area contributed by atoms with Gasteiger partial charge in [0.1, 0.15) is 0 Å². The molecule has 254 valence electrons. The van der Waals surface area contributed by atoms with E-state index in [1.807, 2.05) is 0 Å². The zero-order valence-electron chi connectivity index (χ0n) is 31.4. The molecule has 0 spiro atoms. The van der Waals surface area contributed by atoms with Crippen molar-refractivity contribution in [2.75, 3.05) is 57.0 Å². The molecule has 0 bridgehead atoms. The van der Waals surface area contributed by atoms with Crippen LogP contribution in [0.4, 0.5) is 17.1 Å². The molecule has 1 aliphatic carbocycles. The summed E-state index contributed by atoms with van der Waals surface area (Å²) < 4.78 is -0.187. The van der Waals surface area contributed by atoms with Crippen LogP contribution in [0.5, 0.6) is 0 Å². The number of anilines is 3. The second-order valence-corrected chi connectivity index (χ2v) is 19.8. The van der Waals surface area contributed by atoms with Gasteiger partial charge in [0.05, 0.1) is 0 Å². The van der Waals surface area contributed by atoms with E-state index in [1.54, 1.807) is 0 Å². The molecule has 0 saturated heterocycles. The Balaban J connectivity index is 0.00000368. The summed E-state index contributed by atoms with van der Waals surface area (Å²) in [6, 6.07) is 14.8. The van der Waals surface area contributed by atoms with Crippen molar-refractivity contribution in [3.63, 3.8) is 0 Å². The number of benzene rings is 3. The normalized spacial score (nSPS) is 14.0. The van der Waals surface area contributed by atoms with Crippen LogP contribution < -0.4 is 67.5 Å². The standard InChI is InChI=1S/C39H54N3Si.3ClH.Ti/c1-23-17-33(40(11)12)20-36(26(23)4)43(39-31(9)29(7)30(8)32(39)10,37-21-34(41(13)14)18-24(2)27(37)5)38-22-35(42(15)16)19-25(3)28(38)6;;;;/h17-22H,1-16H3;3*1H;/q;;;;+3/p-3. The molecule has 47 heavy (non-hydrogen) atoms. The smallest absolute Gasteiger partial charge is 1.00 e. The fraction of sp³-hybridized carbons (Fsp3) is 0.436. The molecular formula is C39H54Cl3N3SiTi. The van der Waals surface area contributed by atoms with E-state index in [4.69, 9.17) is 0 Å². The summed E-state index contributed by atoms with van der Waals surface area (Å²) in [4.78, 5) is 6.87. The van der Waals surface area contributed by atoms with Gasteiger partial charge >= 0.3 is 283 Å². The van der Waals surface area contributed by atoms with Crippen LogP contribution in [0.3, 0.4) is 0 Å². The Morgan fingerprint density at radius 3 is 0.894 bits per heavy atom. The third kappa shape index (κ3) is 6.65. The molecule has 1 aliphatic rings. The fourth-order valence-corrected chi connectivity index (χ4v) is 16.9. The van der Waals surface area contributed by atoms with E-state index in [1.165, 1.54) is 88.3 Å². The van der Waals surface area contributed by atoms with Gasteiger partial charge in [-0.1, -0.05) is 0 Å². The third-order valence-electron chi connectivity index (χ3n) is 11.1. The van der Waals surface area contributed by atoms with Gasteiger partial charge in [0, 0.05) is 0 Å². The van der Waals surface area contributed by atoms with Crippen LogP contribution in [0.15, 0.2) is 58.7 Å². The van der Waals surface area contributed by atoms with Crippen molar-refractivity contribution in [2.45, 2.75) is 72.6 Å². The summed E-state index contributed by atoms with van der Waals surface area (Å²) in [7, 11) is 10.1. The molecule has 0 unspecified atom stereocenters. The Labute approximate surface area is 317 Å². The Kier molecular flexibility index (Phi) is 14.3. The second kappa shape index (κ2) is 15.5. The van der Waals surface area contributed by atoms with E-state index < -0.39 is 8.07 Å². The van der Waals surface area contributed by atoms with Gasteiger partial charge in [-0.05, 0) is 0 Å². The average molecular weight is 747 g/mol. The summed E-state index contributed by atoms with van der Waals surface area (Å²) in [5.41, 5.74) is 18.1. The average Bonchev–Trinajstić information content (AvgIpc) is 3.10. The maximum absolute atomic E-state index is 2.98. The van der Waals surface area contributed by atoms with Crippen LogP contribution >= 0.6 is 0 Å². The molecule has 0 N–H and O–H groups in total. The van der Waals surface area contributed by atoms with Crippen LogP contribution in [0.2, 0.25) is 3.34 Å². The molecule has 0 aromatic heterocycles. The molecule has 0 atom stereocenters. The molecule has 0 fully saturated rings. The SMILES string of the molecule is CC1=C(C)[C]([Ti+3])([Si](c2cc(N(C)C)cc(C)c2C)(c2cc(N(C)C)cc(C)c2C)c2cc(N(C)C)cc(C)c2C)C(C)=C1C.[Cl-].[Cl-].[Cl-]. The van der Waals surface area contributed by atoms with Crippen LogP contribution in [0.25, 0.3) is 0 Å². The van der Waals surface area contributed by atoms with E-state index in [-0.39, 0.29) is 40.6 Å². The number of nitrogens with zero attached hydrogens (tertiary/aromatic N) is 3. The minimum atomic E-state index is -2.98. The molecule has 3 aromatic carbocycles. The number of hydrogen-bond donors (Lipinski definition) is 0. The van der Waals surface area contributed by atoms with Gasteiger partial charge < -0.3 is 37.2 Å². The van der Waals surface area contributed by atoms with Gasteiger partial charge in [-0.2, -0.15) is 0 Å². The van der Waals surface area contributed by atoms with Crippen molar-refractivity contribution < 1.29 is 57.7 Å². The number of aryl methyl sites for hydroxylation is 3. The van der Waals surface area contributed by atoms with Gasteiger partial charge in [-0.25, -0.2) is 0 Å². The first-order chi connectivity index (χ1) is 20.3. The van der Waals surface area contributed by atoms with E-state index in [0.717, 1.165) is 0 Å². The molecule has 3 nitrogen and oxygen atoms in total. The third-order valence-corrected chi connectivity index (χ3v) is 19.9. The maximum atomic E-state index is 2.61. The first-order valence-electron chi connectivity index (χ1n) is 15.8. The van der Waals surface area contributed by atoms with Crippen molar-refractivity contribution in [1.29, 1.82) is 0 Å². The topological polar surface area (TPSA) is 9.72 Å². The van der Waals surface area contributed by atoms with Crippen molar-refractivity contribution >= 4 is 40.7 Å². The van der Waals surface area contributed by atoms with Crippen molar-refractivity contribution in [3.05, 3.63) is 92.1 Å². The minimum absolute atomic E-state index is 0. The Hall–Kier alpha value is -1.66. The predicted octanol–water partition coefficient (Wildman–Crippen LogP) is -1.85. The maximum Gasteiger partial charge on any atom is -1.00 e. The molecule has 8 heteroatoms. The molecular weight excluding hydrogens is 693 g/mol. The second-order valence-electron chi connectivity index (χ2n) is 14.0. The van der Waals surface area contributed by atoms with E-state index >= 15 is 0 Å². The van der Waals surface area contributed by atoms with Gasteiger partial charge in [-0.15, -0.1) is 0 Å². The zero-order chi connectivity index (χ0) is 33.2. The summed E-state index contributed by atoms with van der Waals surface area (Å²) in [5.74, 6) is 0. The summed E-state index contributed by atoms with van der Waals surface area (Å²) in [6.45, 7) is 23.7. The first kappa shape index (κ1) is 43.4. The first-order valence-corrected chi connectivity index (χ1v) is 18.6. The van der Waals surface area contributed by atoms with Crippen LogP contribution in [0, 0.1) is 41.5 Å². The number of hydrogen-bond acceptors (Lipinski definition) is 3. The van der Waals surface area contributed by atoms with Crippen molar-refractivity contribution in [2.24, 2.45) is 0 Å². The Bertz CT molecular complexity index is 1550. The van der Waals surface area contributed by atoms with Crippen LogP contribution in [0.1, 0.15) is 61.1 Å². The summed E-state index contributed by atoms with van der Waals surface area (Å²) >= 11 is 2.61. The monoisotopic (exact) mass is 745 g/mol. The predicted molar refractivity (Wildman–Crippen MR) is 195 cm³/mol. The Morgan fingerprint density at radius 2 is 0.681 bits per heavy atom. The number of halogens is 3. The molecule has 0 amide bonds. The molecule has 0 heterocycles. The summed E-state index contributed by atoms with van der Waals surface area (Å²) in [6.07, 6.45) is 0. The number of rotatable bonds is 7. The van der Waals surface area contributed by atoms with Crippen molar-refractivity contribution in [3.8, 4) is 0 Å².